The summed E-state index contributed by atoms with van der Waals surface area (Å²) in [7, 11) is 0. The molecule has 86 valence electrons. The Bertz CT molecular complexity index is 380. The SMILES string of the molecule is N=C(N)N.O=C(O)c1ccccc1C(=O)O. The fraction of sp³-hybridized carbons (Fsp3) is 0. The van der Waals surface area contributed by atoms with Gasteiger partial charge in [0.2, 0.25) is 0 Å². The van der Waals surface area contributed by atoms with Crippen molar-refractivity contribution in [1.29, 1.82) is 5.41 Å². The van der Waals surface area contributed by atoms with E-state index in [0.717, 1.165) is 0 Å². The third-order valence-corrected chi connectivity index (χ3v) is 1.39. The van der Waals surface area contributed by atoms with Gasteiger partial charge in [-0.15, -0.1) is 0 Å². The van der Waals surface area contributed by atoms with E-state index in [-0.39, 0.29) is 17.1 Å². The van der Waals surface area contributed by atoms with Crippen LogP contribution in [-0.2, 0) is 0 Å². The first-order valence-corrected chi connectivity index (χ1v) is 4.01. The Hall–Kier alpha value is -2.57. The Labute approximate surface area is 90.8 Å². The molecule has 7 N–H and O–H groups in total. The molecule has 0 fully saturated rings. The lowest BCUT2D eigenvalue weighted by atomic mass is 10.1. The molecule has 0 bridgehead atoms. The van der Waals surface area contributed by atoms with Crippen molar-refractivity contribution < 1.29 is 19.8 Å². The molecule has 7 heteroatoms. The zero-order valence-electron chi connectivity index (χ0n) is 8.18. The smallest absolute Gasteiger partial charge is 0.336 e. The molecule has 1 aromatic rings. The minimum Gasteiger partial charge on any atom is -0.478 e. The van der Waals surface area contributed by atoms with Crippen LogP contribution in [0.3, 0.4) is 0 Å². The molecule has 0 atom stereocenters. The first-order valence-electron chi connectivity index (χ1n) is 4.01. The molecular formula is C9H11N3O4. The Morgan fingerprint density at radius 2 is 1.25 bits per heavy atom. The summed E-state index contributed by atoms with van der Waals surface area (Å²) in [6.45, 7) is 0. The van der Waals surface area contributed by atoms with Gasteiger partial charge in [0, 0.05) is 0 Å². The quantitative estimate of drug-likeness (QED) is 0.351. The van der Waals surface area contributed by atoms with Gasteiger partial charge in [-0.2, -0.15) is 0 Å². The van der Waals surface area contributed by atoms with Gasteiger partial charge in [-0.3, -0.25) is 5.41 Å². The average Bonchev–Trinajstić information content (AvgIpc) is 2.16. The zero-order valence-corrected chi connectivity index (χ0v) is 8.18. The first kappa shape index (κ1) is 13.4. The van der Waals surface area contributed by atoms with E-state index in [9.17, 15) is 9.59 Å². The van der Waals surface area contributed by atoms with E-state index in [2.05, 4.69) is 11.5 Å². The number of rotatable bonds is 2. The molecule has 0 radical (unpaired) electrons. The van der Waals surface area contributed by atoms with Crippen molar-refractivity contribution in [2.45, 2.75) is 0 Å². The molecule has 0 saturated carbocycles. The summed E-state index contributed by atoms with van der Waals surface area (Å²) in [6.07, 6.45) is 0. The summed E-state index contributed by atoms with van der Waals surface area (Å²) >= 11 is 0. The van der Waals surface area contributed by atoms with Crippen molar-refractivity contribution in [3.8, 4) is 0 Å². The van der Waals surface area contributed by atoms with Crippen molar-refractivity contribution in [2.75, 3.05) is 0 Å². The molecule has 0 amide bonds. The standard InChI is InChI=1S/C8H6O4.CH5N3/c9-7(10)5-3-1-2-4-6(5)8(11)12;2-1(3)4/h1-4H,(H,9,10)(H,11,12);(H5,2,3,4). The Balaban J connectivity index is 0.000000487. The van der Waals surface area contributed by atoms with Gasteiger partial charge >= 0.3 is 11.9 Å². The Kier molecular flexibility index (Phi) is 5.05. The summed E-state index contributed by atoms with van der Waals surface area (Å²) in [5.74, 6) is -2.79. The Morgan fingerprint density at radius 1 is 1.00 bits per heavy atom. The van der Waals surface area contributed by atoms with Crippen LogP contribution >= 0.6 is 0 Å². The highest BCUT2D eigenvalue weighted by atomic mass is 16.4. The van der Waals surface area contributed by atoms with Crippen LogP contribution in [0.2, 0.25) is 0 Å². The van der Waals surface area contributed by atoms with Gasteiger partial charge in [-0.1, -0.05) is 12.1 Å². The number of guanidine groups is 1. The van der Waals surface area contributed by atoms with Crippen LogP contribution in [0.1, 0.15) is 20.7 Å². The predicted molar refractivity (Wildman–Crippen MR) is 56.5 cm³/mol. The second kappa shape index (κ2) is 6.02. The van der Waals surface area contributed by atoms with Gasteiger partial charge in [-0.25, -0.2) is 9.59 Å². The van der Waals surface area contributed by atoms with Gasteiger partial charge in [0.25, 0.3) is 0 Å². The number of carbonyl (C=O) groups is 2. The number of benzene rings is 1. The number of carboxylic acid groups (broad SMARTS) is 2. The van der Waals surface area contributed by atoms with Gasteiger partial charge in [0.05, 0.1) is 11.1 Å². The molecule has 0 aromatic heterocycles. The lowest BCUT2D eigenvalue weighted by Gasteiger charge is -1.98. The first-order chi connectivity index (χ1) is 7.36. The molecule has 1 rings (SSSR count). The summed E-state index contributed by atoms with van der Waals surface area (Å²) in [4.78, 5) is 20.9. The second-order valence-electron chi connectivity index (χ2n) is 2.61. The van der Waals surface area contributed by atoms with E-state index in [1.165, 1.54) is 24.3 Å². The number of carboxylic acids is 2. The van der Waals surface area contributed by atoms with Crippen LogP contribution in [0.4, 0.5) is 0 Å². The molecule has 7 nitrogen and oxygen atoms in total. The van der Waals surface area contributed by atoms with E-state index in [4.69, 9.17) is 15.6 Å². The van der Waals surface area contributed by atoms with E-state index in [0.29, 0.717) is 0 Å². The lowest BCUT2D eigenvalue weighted by molar-refractivity contribution is 0.0651. The maximum absolute atomic E-state index is 10.5. The van der Waals surface area contributed by atoms with Gasteiger partial charge in [0.1, 0.15) is 0 Å². The predicted octanol–water partition coefficient (Wildman–Crippen LogP) is -0.0784. The number of nitrogens with two attached hydrogens (primary N) is 2. The monoisotopic (exact) mass is 225 g/mol. The normalized spacial score (nSPS) is 8.50. The summed E-state index contributed by atoms with van der Waals surface area (Å²) in [6, 6.07) is 5.48. The molecule has 0 aliphatic heterocycles. The highest BCUT2D eigenvalue weighted by Crippen LogP contribution is 2.07. The van der Waals surface area contributed by atoms with Gasteiger partial charge in [-0.05, 0) is 12.1 Å². The van der Waals surface area contributed by atoms with Crippen molar-refractivity contribution in [3.05, 3.63) is 35.4 Å². The van der Waals surface area contributed by atoms with E-state index in [1.807, 2.05) is 0 Å². The van der Waals surface area contributed by atoms with Crippen LogP contribution < -0.4 is 11.5 Å². The number of aromatic carboxylic acids is 2. The van der Waals surface area contributed by atoms with Crippen LogP contribution in [0, 0.1) is 5.41 Å². The maximum atomic E-state index is 10.5. The van der Waals surface area contributed by atoms with Crippen LogP contribution in [0.15, 0.2) is 24.3 Å². The third-order valence-electron chi connectivity index (χ3n) is 1.39. The fourth-order valence-corrected chi connectivity index (χ4v) is 0.856. The maximum Gasteiger partial charge on any atom is 0.336 e. The molecule has 0 aliphatic carbocycles. The highest BCUT2D eigenvalue weighted by molar-refractivity contribution is 6.01. The molecule has 1 aromatic carbocycles. The zero-order chi connectivity index (χ0) is 12.7. The largest absolute Gasteiger partial charge is 0.478 e. The molecule has 0 heterocycles. The molecule has 0 aliphatic rings. The average molecular weight is 225 g/mol. The van der Waals surface area contributed by atoms with Crippen molar-refractivity contribution >= 4 is 17.9 Å². The van der Waals surface area contributed by atoms with E-state index in [1.54, 1.807) is 0 Å². The number of hydrogen-bond donors (Lipinski definition) is 5. The van der Waals surface area contributed by atoms with Crippen LogP contribution in [0.25, 0.3) is 0 Å². The van der Waals surface area contributed by atoms with Crippen LogP contribution in [0.5, 0.6) is 0 Å². The van der Waals surface area contributed by atoms with Crippen molar-refractivity contribution in [1.82, 2.24) is 0 Å². The minimum atomic E-state index is -1.23. The minimum absolute atomic E-state index is 0.190. The van der Waals surface area contributed by atoms with E-state index < -0.39 is 11.9 Å². The molecule has 0 spiro atoms. The molecule has 16 heavy (non-hydrogen) atoms. The molecule has 0 unspecified atom stereocenters. The van der Waals surface area contributed by atoms with E-state index >= 15 is 0 Å². The molecule has 0 saturated heterocycles. The summed E-state index contributed by atoms with van der Waals surface area (Å²) in [5.41, 5.74) is 8.56. The van der Waals surface area contributed by atoms with Crippen molar-refractivity contribution in [2.24, 2.45) is 11.5 Å². The third kappa shape index (κ3) is 4.61. The van der Waals surface area contributed by atoms with Crippen LogP contribution in [-0.4, -0.2) is 28.1 Å². The summed E-state index contributed by atoms with van der Waals surface area (Å²) < 4.78 is 0. The molecular weight excluding hydrogens is 214 g/mol. The van der Waals surface area contributed by atoms with Gasteiger partial charge in [0.15, 0.2) is 5.96 Å². The summed E-state index contributed by atoms with van der Waals surface area (Å²) in [5, 5.41) is 23.2. The highest BCUT2D eigenvalue weighted by Gasteiger charge is 2.13. The number of hydrogen-bond acceptors (Lipinski definition) is 3. The van der Waals surface area contributed by atoms with Crippen molar-refractivity contribution in [3.63, 3.8) is 0 Å². The second-order valence-corrected chi connectivity index (χ2v) is 2.61. The number of nitrogens with one attached hydrogen (secondary N) is 1. The fourth-order valence-electron chi connectivity index (χ4n) is 0.856. The van der Waals surface area contributed by atoms with Gasteiger partial charge < -0.3 is 21.7 Å². The topological polar surface area (TPSA) is 150 Å². The Morgan fingerprint density at radius 3 is 1.44 bits per heavy atom. The lowest BCUT2D eigenvalue weighted by Crippen LogP contribution is -2.20.